The lowest BCUT2D eigenvalue weighted by molar-refractivity contribution is 0.322. The predicted molar refractivity (Wildman–Crippen MR) is 132 cm³/mol. The van der Waals surface area contributed by atoms with Gasteiger partial charge in [0.05, 0.1) is 21.3 Å². The van der Waals surface area contributed by atoms with Crippen LogP contribution in [-0.4, -0.2) is 40.6 Å². The van der Waals surface area contributed by atoms with Crippen LogP contribution >= 0.6 is 35.7 Å². The molecule has 0 saturated heterocycles. The number of halogens is 1. The fourth-order valence-electron chi connectivity index (χ4n) is 2.88. The van der Waals surface area contributed by atoms with E-state index < -0.39 is 0 Å². The van der Waals surface area contributed by atoms with Gasteiger partial charge in [-0.25, -0.2) is 0 Å². The molecule has 0 spiro atoms. The summed E-state index contributed by atoms with van der Waals surface area (Å²) in [7, 11) is 6.58. The number of rotatable bonds is 8. The van der Waals surface area contributed by atoms with Gasteiger partial charge in [-0.15, -0.1) is 35.7 Å². The van der Waals surface area contributed by atoms with E-state index in [9.17, 15) is 0 Å². The predicted octanol–water partition coefficient (Wildman–Crippen LogP) is 4.23. The quantitative estimate of drug-likeness (QED) is 0.230. The number of hydrogen-bond acceptors (Lipinski definition) is 5. The molecule has 0 aromatic heterocycles. The molecule has 8 heteroatoms. The second-order valence-corrected chi connectivity index (χ2v) is 6.94. The number of hydrogen-bond donors (Lipinski definition) is 2. The van der Waals surface area contributed by atoms with Crippen molar-refractivity contribution in [1.82, 2.24) is 10.6 Å². The number of benzene rings is 2. The minimum absolute atomic E-state index is 0. The molecule has 0 heterocycles. The minimum Gasteiger partial charge on any atom is -0.493 e. The third-order valence-electron chi connectivity index (χ3n) is 4.34. The van der Waals surface area contributed by atoms with Gasteiger partial charge < -0.3 is 24.8 Å². The van der Waals surface area contributed by atoms with Crippen molar-refractivity contribution in [3.63, 3.8) is 0 Å². The lowest BCUT2D eigenvalue weighted by atomic mass is 10.1. The lowest BCUT2D eigenvalue weighted by Crippen LogP contribution is -2.36. The SMILES string of the molecule is CN=C(NCc1ccc(C)cc1SC)NCc1ccc(OC)c(OC)c1OC.I. The van der Waals surface area contributed by atoms with Crippen molar-refractivity contribution in [2.75, 3.05) is 34.6 Å². The largest absolute Gasteiger partial charge is 0.493 e. The first kappa shape index (κ1) is 25.2. The molecule has 0 aliphatic rings. The fraction of sp³-hybridized carbons (Fsp3) is 0.381. The Morgan fingerprint density at radius 2 is 1.55 bits per heavy atom. The summed E-state index contributed by atoms with van der Waals surface area (Å²) in [5.41, 5.74) is 3.45. The van der Waals surface area contributed by atoms with E-state index in [4.69, 9.17) is 14.2 Å². The van der Waals surface area contributed by atoms with E-state index in [0.29, 0.717) is 36.3 Å². The molecule has 0 aliphatic carbocycles. The second-order valence-electron chi connectivity index (χ2n) is 6.09. The van der Waals surface area contributed by atoms with Crippen LogP contribution in [-0.2, 0) is 13.1 Å². The van der Waals surface area contributed by atoms with Crippen LogP contribution in [0.1, 0.15) is 16.7 Å². The monoisotopic (exact) mass is 531 g/mol. The summed E-state index contributed by atoms with van der Waals surface area (Å²) in [5.74, 6) is 2.57. The van der Waals surface area contributed by atoms with Gasteiger partial charge in [-0.05, 0) is 42.5 Å². The van der Waals surface area contributed by atoms with E-state index in [1.807, 2.05) is 12.1 Å². The first-order valence-electron chi connectivity index (χ1n) is 8.93. The maximum absolute atomic E-state index is 5.54. The Morgan fingerprint density at radius 1 is 0.931 bits per heavy atom. The Kier molecular flexibility index (Phi) is 11.0. The highest BCUT2D eigenvalue weighted by Crippen LogP contribution is 2.39. The van der Waals surface area contributed by atoms with Crippen molar-refractivity contribution in [2.45, 2.75) is 24.9 Å². The molecule has 160 valence electrons. The number of nitrogens with one attached hydrogen (secondary N) is 2. The van der Waals surface area contributed by atoms with E-state index >= 15 is 0 Å². The lowest BCUT2D eigenvalue weighted by Gasteiger charge is -2.18. The molecule has 0 bridgehead atoms. The summed E-state index contributed by atoms with van der Waals surface area (Å²) < 4.78 is 16.3. The van der Waals surface area contributed by atoms with Crippen LogP contribution in [0.3, 0.4) is 0 Å². The first-order chi connectivity index (χ1) is 13.6. The molecule has 0 fully saturated rings. The molecular formula is C21H30IN3O3S. The Hall–Kier alpha value is -1.81. The standard InChI is InChI=1S/C21H29N3O3S.HI/c1-14-7-8-15(18(11-14)28-6)12-23-21(22-2)24-13-16-9-10-17(25-3)20(27-5)19(16)26-4;/h7-11H,12-13H2,1-6H3,(H2,22,23,24);1H. The van der Waals surface area contributed by atoms with Gasteiger partial charge in [0.15, 0.2) is 17.5 Å². The van der Waals surface area contributed by atoms with Crippen molar-refractivity contribution < 1.29 is 14.2 Å². The van der Waals surface area contributed by atoms with E-state index in [0.717, 1.165) is 5.56 Å². The average Bonchev–Trinajstić information content (AvgIpc) is 2.73. The minimum atomic E-state index is 0. The van der Waals surface area contributed by atoms with Gasteiger partial charge in [0.1, 0.15) is 0 Å². The summed E-state index contributed by atoms with van der Waals surface area (Å²) in [4.78, 5) is 5.58. The number of aryl methyl sites for hydroxylation is 1. The first-order valence-corrected chi connectivity index (χ1v) is 10.2. The molecule has 0 saturated carbocycles. The van der Waals surface area contributed by atoms with Crippen LogP contribution in [0.5, 0.6) is 17.2 Å². The van der Waals surface area contributed by atoms with Crippen LogP contribution < -0.4 is 24.8 Å². The van der Waals surface area contributed by atoms with E-state index in [2.05, 4.69) is 47.0 Å². The van der Waals surface area contributed by atoms with Crippen molar-refractivity contribution in [2.24, 2.45) is 4.99 Å². The van der Waals surface area contributed by atoms with Crippen molar-refractivity contribution in [3.05, 3.63) is 47.0 Å². The van der Waals surface area contributed by atoms with Gasteiger partial charge in [0, 0.05) is 30.6 Å². The Balaban J connectivity index is 0.00000420. The number of nitrogens with zero attached hydrogens (tertiary/aromatic N) is 1. The maximum Gasteiger partial charge on any atom is 0.203 e. The maximum atomic E-state index is 5.54. The molecule has 0 radical (unpaired) electrons. The van der Waals surface area contributed by atoms with Crippen LogP contribution in [0.2, 0.25) is 0 Å². The van der Waals surface area contributed by atoms with Gasteiger partial charge in [-0.1, -0.05) is 12.1 Å². The number of aliphatic imine (C=N–C) groups is 1. The number of methoxy groups -OCH3 is 3. The average molecular weight is 531 g/mol. The molecule has 0 amide bonds. The number of thioether (sulfide) groups is 1. The van der Waals surface area contributed by atoms with Gasteiger partial charge in [0.2, 0.25) is 5.75 Å². The summed E-state index contributed by atoms with van der Waals surface area (Å²) in [5, 5.41) is 6.69. The summed E-state index contributed by atoms with van der Waals surface area (Å²) in [6, 6.07) is 10.3. The van der Waals surface area contributed by atoms with Gasteiger partial charge in [-0.2, -0.15) is 0 Å². The Labute approximate surface area is 194 Å². The zero-order valence-corrected chi connectivity index (χ0v) is 20.9. The molecule has 2 N–H and O–H groups in total. The van der Waals surface area contributed by atoms with E-state index in [-0.39, 0.29) is 24.0 Å². The number of ether oxygens (including phenoxy) is 3. The van der Waals surface area contributed by atoms with Crippen LogP contribution in [0, 0.1) is 6.92 Å². The highest BCUT2D eigenvalue weighted by molar-refractivity contribution is 14.0. The Bertz CT molecular complexity index is 831. The molecule has 0 atom stereocenters. The third kappa shape index (κ3) is 6.60. The van der Waals surface area contributed by atoms with Gasteiger partial charge in [-0.3, -0.25) is 4.99 Å². The molecule has 6 nitrogen and oxygen atoms in total. The summed E-state index contributed by atoms with van der Waals surface area (Å²) in [6.45, 7) is 3.33. The van der Waals surface area contributed by atoms with Crippen LogP contribution in [0.4, 0.5) is 0 Å². The van der Waals surface area contributed by atoms with Crippen molar-refractivity contribution >= 4 is 41.7 Å². The van der Waals surface area contributed by atoms with Gasteiger partial charge >= 0.3 is 0 Å². The van der Waals surface area contributed by atoms with Crippen LogP contribution in [0.25, 0.3) is 0 Å². The topological polar surface area (TPSA) is 64.1 Å². The molecule has 0 aliphatic heterocycles. The molecule has 2 rings (SSSR count). The van der Waals surface area contributed by atoms with E-state index in [1.54, 1.807) is 40.1 Å². The third-order valence-corrected chi connectivity index (χ3v) is 5.16. The van der Waals surface area contributed by atoms with Crippen molar-refractivity contribution in [3.8, 4) is 17.2 Å². The smallest absolute Gasteiger partial charge is 0.203 e. The summed E-state index contributed by atoms with van der Waals surface area (Å²) in [6.07, 6.45) is 2.09. The van der Waals surface area contributed by atoms with E-state index in [1.165, 1.54) is 16.0 Å². The highest BCUT2D eigenvalue weighted by Gasteiger charge is 2.16. The molecular weight excluding hydrogens is 501 g/mol. The summed E-state index contributed by atoms with van der Waals surface area (Å²) >= 11 is 1.75. The molecule has 2 aromatic rings. The molecule has 0 unspecified atom stereocenters. The van der Waals surface area contributed by atoms with Crippen molar-refractivity contribution in [1.29, 1.82) is 0 Å². The zero-order chi connectivity index (χ0) is 20.5. The highest BCUT2D eigenvalue weighted by atomic mass is 127. The second kappa shape index (κ2) is 12.7. The number of guanidine groups is 1. The molecule has 2 aromatic carbocycles. The normalized spacial score (nSPS) is 10.8. The molecule has 29 heavy (non-hydrogen) atoms. The van der Waals surface area contributed by atoms with Gasteiger partial charge in [0.25, 0.3) is 0 Å². The van der Waals surface area contributed by atoms with Crippen LogP contribution in [0.15, 0.2) is 40.2 Å². The fourth-order valence-corrected chi connectivity index (χ4v) is 3.58. The Morgan fingerprint density at radius 3 is 2.10 bits per heavy atom. The zero-order valence-electron chi connectivity index (χ0n) is 17.8.